The summed E-state index contributed by atoms with van der Waals surface area (Å²) in [7, 11) is -3.55. The summed E-state index contributed by atoms with van der Waals surface area (Å²) in [6, 6.07) is 0. The molecule has 17 heavy (non-hydrogen) atoms. The number of aliphatic hydroxyl groups excluding tert-OH is 3. The first-order valence-electron chi connectivity index (χ1n) is 4.69. The van der Waals surface area contributed by atoms with Gasteiger partial charge in [-0.1, -0.05) is 0 Å². The minimum Gasteiger partial charge on any atom is -0.388 e. The maximum absolute atomic E-state index is 10.6. The number of phosphoric ester groups is 1. The Morgan fingerprint density at radius 1 is 1.35 bits per heavy atom. The summed E-state index contributed by atoms with van der Waals surface area (Å²) in [6.45, 7) is -0.170. The molecule has 9 nitrogen and oxygen atoms in total. The number of phosphoric acid groups is 1. The number of aliphatic hydroxyl groups is 3. The van der Waals surface area contributed by atoms with E-state index in [2.05, 4.69) is 9.26 Å². The zero-order valence-electron chi connectivity index (χ0n) is 8.91. The largest absolute Gasteiger partial charge is 0.472 e. The first-order valence-corrected chi connectivity index (χ1v) is 6.22. The molecule has 10 heteroatoms. The maximum atomic E-state index is 10.6. The van der Waals surface area contributed by atoms with E-state index in [1.54, 1.807) is 0 Å². The van der Waals surface area contributed by atoms with Gasteiger partial charge in [-0.2, -0.15) is 0 Å². The van der Waals surface area contributed by atoms with Gasteiger partial charge in [0, 0.05) is 7.11 Å². The number of ether oxygens (including phenoxy) is 2. The molecule has 0 unspecified atom stereocenters. The van der Waals surface area contributed by atoms with Gasteiger partial charge in [0.2, 0.25) is 0 Å². The molecule has 1 aliphatic rings. The van der Waals surface area contributed by atoms with Crippen molar-refractivity contribution in [2.45, 2.75) is 30.7 Å². The summed E-state index contributed by atoms with van der Waals surface area (Å²) in [5.41, 5.74) is 0. The van der Waals surface area contributed by atoms with Gasteiger partial charge >= 0.3 is 7.82 Å². The highest BCUT2D eigenvalue weighted by Crippen LogP contribution is 2.41. The second-order valence-electron chi connectivity index (χ2n) is 3.57. The van der Waals surface area contributed by atoms with Gasteiger partial charge in [-0.05, 0) is 0 Å². The average molecular weight is 274 g/mol. The fraction of sp³-hybridized carbons (Fsp3) is 1.00. The predicted octanol–water partition coefficient (Wildman–Crippen LogP) is -2.45. The van der Waals surface area contributed by atoms with E-state index in [1.807, 2.05) is 0 Å². The van der Waals surface area contributed by atoms with Crippen LogP contribution in [0.2, 0.25) is 0 Å². The molecular weight excluding hydrogens is 259 g/mol. The van der Waals surface area contributed by atoms with Crippen LogP contribution in [0.5, 0.6) is 0 Å². The lowest BCUT2D eigenvalue weighted by atomic mass is 10.1. The van der Waals surface area contributed by atoms with E-state index in [1.165, 1.54) is 7.11 Å². The summed E-state index contributed by atoms with van der Waals surface area (Å²) >= 11 is 0. The average Bonchev–Trinajstić information content (AvgIpc) is 2.44. The summed E-state index contributed by atoms with van der Waals surface area (Å²) in [6.07, 6.45) is -7.41. The Kier molecular flexibility index (Phi) is 5.02. The van der Waals surface area contributed by atoms with Crippen molar-refractivity contribution in [1.82, 2.24) is 0 Å². The molecule has 0 spiro atoms. The van der Waals surface area contributed by atoms with Gasteiger partial charge in [0.25, 0.3) is 0 Å². The molecule has 0 amide bonds. The third kappa shape index (κ3) is 3.95. The fourth-order valence-corrected chi connectivity index (χ4v) is 1.92. The normalized spacial score (nSPS) is 36.1. The van der Waals surface area contributed by atoms with Crippen molar-refractivity contribution >= 4 is 7.82 Å². The molecule has 102 valence electrons. The highest BCUT2D eigenvalue weighted by Gasteiger charge is 2.48. The highest BCUT2D eigenvalue weighted by molar-refractivity contribution is 7.46. The Morgan fingerprint density at radius 3 is 2.41 bits per heavy atom. The molecule has 0 aliphatic carbocycles. The Morgan fingerprint density at radius 2 is 1.94 bits per heavy atom. The van der Waals surface area contributed by atoms with Crippen molar-refractivity contribution in [3.63, 3.8) is 0 Å². The molecule has 1 rings (SSSR count). The number of methoxy groups -OCH3 is 1. The maximum Gasteiger partial charge on any atom is 0.472 e. The van der Waals surface area contributed by atoms with Crippen LogP contribution in [0.4, 0.5) is 0 Å². The zero-order valence-corrected chi connectivity index (χ0v) is 9.80. The SMILES string of the molecule is COC[C@@H](O)[C@@H]1O[C@H](OP(=O)(O)O)[C@H](O)[C@H]1O. The Bertz CT molecular complexity index is 291. The first-order chi connectivity index (χ1) is 7.76. The van der Waals surface area contributed by atoms with E-state index in [0.717, 1.165) is 0 Å². The predicted molar refractivity (Wildman–Crippen MR) is 51.7 cm³/mol. The molecule has 0 aromatic rings. The monoisotopic (exact) mass is 274 g/mol. The molecule has 0 saturated carbocycles. The standard InChI is InChI=1S/C7H15O9P/c1-14-2-3(8)6-4(9)5(10)7(15-6)16-17(11,12)13/h3-10H,2H2,1H3,(H2,11,12,13)/t3-,4-,5-,6+,7-/m1/s1. The third-order valence-corrected chi connectivity index (χ3v) is 2.70. The lowest BCUT2D eigenvalue weighted by molar-refractivity contribution is -0.145. The number of rotatable bonds is 5. The summed E-state index contributed by atoms with van der Waals surface area (Å²) in [5.74, 6) is 0. The van der Waals surface area contributed by atoms with Gasteiger partial charge < -0.3 is 34.6 Å². The molecule has 1 fully saturated rings. The van der Waals surface area contributed by atoms with E-state index in [-0.39, 0.29) is 6.61 Å². The van der Waals surface area contributed by atoms with Gasteiger partial charge in [0.15, 0.2) is 6.29 Å². The molecule has 0 bridgehead atoms. The summed E-state index contributed by atoms with van der Waals surface area (Å²) < 4.78 is 24.1. The Hall–Kier alpha value is -0.0900. The van der Waals surface area contributed by atoms with E-state index < -0.39 is 38.5 Å². The number of hydrogen-bond acceptors (Lipinski definition) is 7. The first kappa shape index (κ1) is 15.0. The minimum absolute atomic E-state index is 0.170. The molecule has 1 heterocycles. The van der Waals surface area contributed by atoms with Crippen LogP contribution in [0.3, 0.4) is 0 Å². The number of hydrogen-bond donors (Lipinski definition) is 5. The second kappa shape index (κ2) is 5.70. The quantitative estimate of drug-likeness (QED) is 0.345. The van der Waals surface area contributed by atoms with E-state index >= 15 is 0 Å². The van der Waals surface area contributed by atoms with Crippen molar-refractivity contribution in [1.29, 1.82) is 0 Å². The van der Waals surface area contributed by atoms with Gasteiger partial charge in [-0.15, -0.1) is 0 Å². The minimum atomic E-state index is -4.86. The zero-order chi connectivity index (χ0) is 13.2. The Labute approximate surface area is 96.8 Å². The van der Waals surface area contributed by atoms with Crippen molar-refractivity contribution in [3.05, 3.63) is 0 Å². The van der Waals surface area contributed by atoms with Gasteiger partial charge in [-0.25, -0.2) is 4.57 Å². The van der Waals surface area contributed by atoms with Crippen molar-refractivity contribution < 1.29 is 43.7 Å². The molecule has 0 aromatic heterocycles. The lowest BCUT2D eigenvalue weighted by Crippen LogP contribution is -2.40. The second-order valence-corrected chi connectivity index (χ2v) is 4.76. The topological polar surface area (TPSA) is 146 Å². The van der Waals surface area contributed by atoms with Gasteiger partial charge in [0.1, 0.15) is 24.4 Å². The molecule has 1 aliphatic heterocycles. The van der Waals surface area contributed by atoms with Gasteiger partial charge in [0.05, 0.1) is 6.61 Å². The molecule has 5 atom stereocenters. The molecule has 0 radical (unpaired) electrons. The van der Waals surface area contributed by atoms with Crippen molar-refractivity contribution in [3.8, 4) is 0 Å². The van der Waals surface area contributed by atoms with Crippen LogP contribution in [-0.4, -0.2) is 69.5 Å². The molecule has 5 N–H and O–H groups in total. The van der Waals surface area contributed by atoms with Gasteiger partial charge in [-0.3, -0.25) is 4.52 Å². The van der Waals surface area contributed by atoms with E-state index in [4.69, 9.17) is 14.5 Å². The van der Waals surface area contributed by atoms with Crippen LogP contribution in [0, 0.1) is 0 Å². The van der Waals surface area contributed by atoms with Crippen LogP contribution in [0.25, 0.3) is 0 Å². The van der Waals surface area contributed by atoms with Crippen LogP contribution >= 0.6 is 7.82 Å². The van der Waals surface area contributed by atoms with Crippen LogP contribution in [0.1, 0.15) is 0 Å². The third-order valence-electron chi connectivity index (χ3n) is 2.21. The molecule has 0 aromatic carbocycles. The van der Waals surface area contributed by atoms with Crippen molar-refractivity contribution in [2.24, 2.45) is 0 Å². The fourth-order valence-electron chi connectivity index (χ4n) is 1.48. The van der Waals surface area contributed by atoms with Crippen molar-refractivity contribution in [2.75, 3.05) is 13.7 Å². The van der Waals surface area contributed by atoms with Crippen LogP contribution in [-0.2, 0) is 18.6 Å². The van der Waals surface area contributed by atoms with E-state index in [0.29, 0.717) is 0 Å². The summed E-state index contributed by atoms with van der Waals surface area (Å²) in [4.78, 5) is 17.1. The lowest BCUT2D eigenvalue weighted by Gasteiger charge is -2.19. The van der Waals surface area contributed by atoms with E-state index in [9.17, 15) is 19.9 Å². The smallest absolute Gasteiger partial charge is 0.388 e. The Balaban J connectivity index is 2.65. The highest BCUT2D eigenvalue weighted by atomic mass is 31.2. The summed E-state index contributed by atoms with van der Waals surface area (Å²) in [5, 5.41) is 28.4. The van der Waals surface area contributed by atoms with Crippen LogP contribution < -0.4 is 0 Å². The molecular formula is C7H15O9P. The molecule has 1 saturated heterocycles. The van der Waals surface area contributed by atoms with Crippen LogP contribution in [0.15, 0.2) is 0 Å².